The van der Waals surface area contributed by atoms with E-state index in [1.807, 2.05) is 36.1 Å². The Balaban J connectivity index is 1.71. The molecule has 2 aromatic rings. The van der Waals surface area contributed by atoms with Crippen LogP contribution >= 0.6 is 0 Å². The molecule has 2 heterocycles. The van der Waals surface area contributed by atoms with Crippen LogP contribution in [0.15, 0.2) is 36.5 Å². The van der Waals surface area contributed by atoms with E-state index in [4.69, 9.17) is 0 Å². The molecule has 1 aliphatic rings. The van der Waals surface area contributed by atoms with E-state index < -0.39 is 4.92 Å². The van der Waals surface area contributed by atoms with Crippen LogP contribution in [0.3, 0.4) is 0 Å². The number of aromatic nitrogens is 1. The van der Waals surface area contributed by atoms with Crippen molar-refractivity contribution in [1.29, 1.82) is 0 Å². The fraction of sp³-hybridized carbons (Fsp3) is 0.333. The van der Waals surface area contributed by atoms with Crippen LogP contribution < -0.4 is 10.2 Å². The van der Waals surface area contributed by atoms with Gasteiger partial charge in [0.2, 0.25) is 5.91 Å². The molecule has 0 bridgehead atoms. The van der Waals surface area contributed by atoms with Gasteiger partial charge in [-0.2, -0.15) is 0 Å². The Hall–Kier alpha value is -2.96. The van der Waals surface area contributed by atoms with E-state index in [-0.39, 0.29) is 17.6 Å². The first-order chi connectivity index (χ1) is 12.0. The second-order valence-corrected chi connectivity index (χ2v) is 6.22. The number of amides is 1. The molecular weight excluding hydrogens is 320 g/mol. The van der Waals surface area contributed by atoms with Gasteiger partial charge in [0.15, 0.2) is 0 Å². The highest BCUT2D eigenvalue weighted by Crippen LogP contribution is 2.26. The third-order valence-electron chi connectivity index (χ3n) is 4.42. The molecule has 1 aromatic heterocycles. The monoisotopic (exact) mass is 340 g/mol. The van der Waals surface area contributed by atoms with Gasteiger partial charge in [-0.05, 0) is 44.0 Å². The van der Waals surface area contributed by atoms with Crippen molar-refractivity contribution in [3.63, 3.8) is 0 Å². The molecule has 1 saturated heterocycles. The first-order valence-electron chi connectivity index (χ1n) is 8.23. The number of nitrogens with one attached hydrogen (secondary N) is 1. The van der Waals surface area contributed by atoms with Gasteiger partial charge in [-0.1, -0.05) is 12.1 Å². The number of hydrogen-bond acceptors (Lipinski definition) is 5. The van der Waals surface area contributed by atoms with Gasteiger partial charge in [-0.25, -0.2) is 4.98 Å². The average molecular weight is 340 g/mol. The van der Waals surface area contributed by atoms with Gasteiger partial charge < -0.3 is 10.2 Å². The fourth-order valence-electron chi connectivity index (χ4n) is 2.99. The van der Waals surface area contributed by atoms with Crippen LogP contribution in [0.2, 0.25) is 0 Å². The van der Waals surface area contributed by atoms with Crippen molar-refractivity contribution in [2.24, 2.45) is 0 Å². The summed E-state index contributed by atoms with van der Waals surface area (Å²) in [5.74, 6) is 0.763. The molecule has 3 rings (SSSR count). The number of hydrogen-bond donors (Lipinski definition) is 1. The summed E-state index contributed by atoms with van der Waals surface area (Å²) in [4.78, 5) is 28.1. The molecule has 1 amide bonds. The maximum Gasteiger partial charge on any atom is 0.290 e. The van der Waals surface area contributed by atoms with Crippen LogP contribution in [0.1, 0.15) is 36.9 Å². The van der Waals surface area contributed by atoms with Crippen LogP contribution in [-0.4, -0.2) is 22.4 Å². The lowest BCUT2D eigenvalue weighted by molar-refractivity contribution is -0.385. The molecule has 130 valence electrons. The van der Waals surface area contributed by atoms with Crippen molar-refractivity contribution in [1.82, 2.24) is 4.98 Å². The Morgan fingerprint density at radius 1 is 1.32 bits per heavy atom. The molecule has 0 spiro atoms. The topological polar surface area (TPSA) is 88.4 Å². The minimum Gasteiger partial charge on any atom is -0.364 e. The van der Waals surface area contributed by atoms with Gasteiger partial charge in [-0.3, -0.25) is 14.9 Å². The first-order valence-corrected chi connectivity index (χ1v) is 8.23. The van der Waals surface area contributed by atoms with Crippen LogP contribution in [0, 0.1) is 17.0 Å². The predicted molar refractivity (Wildman–Crippen MR) is 95.7 cm³/mol. The molecule has 0 radical (unpaired) electrons. The summed E-state index contributed by atoms with van der Waals surface area (Å²) in [6, 6.07) is 9.52. The zero-order valence-electron chi connectivity index (χ0n) is 14.2. The summed E-state index contributed by atoms with van der Waals surface area (Å²) in [6.45, 7) is 4.46. The standard InChI is InChI=1S/C18H20N4O3/c1-12-10-17(19-11-16(12)22(24)25)20-13(2)14-5-7-15(8-6-14)21-9-3-4-18(21)23/h5-8,10-11,13H,3-4,9H2,1-2H3,(H,19,20). The van der Waals surface area contributed by atoms with Gasteiger partial charge in [0, 0.05) is 30.3 Å². The first kappa shape index (κ1) is 16.9. The summed E-state index contributed by atoms with van der Waals surface area (Å²) in [7, 11) is 0. The Bertz CT molecular complexity index is 804. The van der Waals surface area contributed by atoms with Gasteiger partial charge in [0.1, 0.15) is 12.0 Å². The smallest absolute Gasteiger partial charge is 0.290 e. The molecule has 1 aliphatic heterocycles. The van der Waals surface area contributed by atoms with Crippen molar-refractivity contribution in [3.8, 4) is 0 Å². The molecule has 1 fully saturated rings. The second-order valence-electron chi connectivity index (χ2n) is 6.22. The summed E-state index contributed by atoms with van der Waals surface area (Å²) in [5, 5.41) is 14.1. The number of anilines is 2. The number of nitrogens with zero attached hydrogens (tertiary/aromatic N) is 3. The normalized spacial score (nSPS) is 15.3. The lowest BCUT2D eigenvalue weighted by Gasteiger charge is -2.19. The third-order valence-corrected chi connectivity index (χ3v) is 4.42. The summed E-state index contributed by atoms with van der Waals surface area (Å²) >= 11 is 0. The number of benzene rings is 1. The zero-order valence-corrected chi connectivity index (χ0v) is 14.2. The minimum absolute atomic E-state index is 0.0119. The molecule has 1 atom stereocenters. The van der Waals surface area contributed by atoms with Crippen LogP contribution in [0.4, 0.5) is 17.2 Å². The number of carbonyl (C=O) groups excluding carboxylic acids is 1. The third kappa shape index (κ3) is 3.60. The maximum absolute atomic E-state index is 11.8. The van der Waals surface area contributed by atoms with E-state index in [2.05, 4.69) is 10.3 Å². The molecule has 0 saturated carbocycles. The quantitative estimate of drug-likeness (QED) is 0.663. The van der Waals surface area contributed by atoms with Crippen molar-refractivity contribution < 1.29 is 9.72 Å². The van der Waals surface area contributed by atoms with Crippen LogP contribution in [-0.2, 0) is 4.79 Å². The van der Waals surface area contributed by atoms with E-state index >= 15 is 0 Å². The molecular formula is C18H20N4O3. The molecule has 25 heavy (non-hydrogen) atoms. The Morgan fingerprint density at radius 2 is 2.04 bits per heavy atom. The summed E-state index contributed by atoms with van der Waals surface area (Å²) < 4.78 is 0. The number of rotatable bonds is 5. The van der Waals surface area contributed by atoms with Crippen molar-refractivity contribution >= 4 is 23.1 Å². The van der Waals surface area contributed by atoms with E-state index in [1.165, 1.54) is 6.20 Å². The largest absolute Gasteiger partial charge is 0.364 e. The van der Waals surface area contributed by atoms with Gasteiger partial charge in [0.25, 0.3) is 5.69 Å². The van der Waals surface area contributed by atoms with Crippen molar-refractivity contribution in [2.45, 2.75) is 32.7 Å². The van der Waals surface area contributed by atoms with E-state index in [0.29, 0.717) is 17.8 Å². The summed E-state index contributed by atoms with van der Waals surface area (Å²) in [6.07, 6.45) is 2.79. The molecule has 7 nitrogen and oxygen atoms in total. The summed E-state index contributed by atoms with van der Waals surface area (Å²) in [5.41, 5.74) is 2.55. The maximum atomic E-state index is 11.8. The van der Waals surface area contributed by atoms with Crippen molar-refractivity contribution in [3.05, 3.63) is 57.8 Å². The number of aryl methyl sites for hydroxylation is 1. The molecule has 7 heteroatoms. The van der Waals surface area contributed by atoms with E-state index in [0.717, 1.165) is 24.2 Å². The van der Waals surface area contributed by atoms with Crippen molar-refractivity contribution in [2.75, 3.05) is 16.8 Å². The van der Waals surface area contributed by atoms with Gasteiger partial charge in [0.05, 0.1) is 4.92 Å². The Kier molecular flexibility index (Phi) is 4.65. The van der Waals surface area contributed by atoms with Crippen LogP contribution in [0.5, 0.6) is 0 Å². The SMILES string of the molecule is Cc1cc(NC(C)c2ccc(N3CCCC3=O)cc2)ncc1[N+](=O)[O-]. The highest BCUT2D eigenvalue weighted by Gasteiger charge is 2.21. The van der Waals surface area contributed by atoms with Gasteiger partial charge >= 0.3 is 0 Å². The van der Waals surface area contributed by atoms with E-state index in [9.17, 15) is 14.9 Å². The van der Waals surface area contributed by atoms with E-state index in [1.54, 1.807) is 13.0 Å². The lowest BCUT2D eigenvalue weighted by atomic mass is 10.1. The molecule has 1 aromatic carbocycles. The average Bonchev–Trinajstić information content (AvgIpc) is 3.00. The second kappa shape index (κ2) is 6.88. The highest BCUT2D eigenvalue weighted by atomic mass is 16.6. The Labute approximate surface area is 145 Å². The number of carbonyl (C=O) groups is 1. The minimum atomic E-state index is -0.437. The Morgan fingerprint density at radius 3 is 2.60 bits per heavy atom. The fourth-order valence-corrected chi connectivity index (χ4v) is 2.99. The highest BCUT2D eigenvalue weighted by molar-refractivity contribution is 5.95. The molecule has 0 aliphatic carbocycles. The number of nitro groups is 1. The number of pyridine rings is 1. The molecule has 1 unspecified atom stereocenters. The van der Waals surface area contributed by atoms with Crippen LogP contribution in [0.25, 0.3) is 0 Å². The predicted octanol–water partition coefficient (Wildman–Crippen LogP) is 3.60. The lowest BCUT2D eigenvalue weighted by Crippen LogP contribution is -2.23. The molecule has 1 N–H and O–H groups in total. The zero-order chi connectivity index (χ0) is 18.0. The van der Waals surface area contributed by atoms with Gasteiger partial charge in [-0.15, -0.1) is 0 Å².